The number of carboxylic acids is 1. The van der Waals surface area contributed by atoms with Gasteiger partial charge >= 0.3 is 5.97 Å². The molecule has 2 heterocycles. The highest BCUT2D eigenvalue weighted by Gasteiger charge is 2.27. The van der Waals surface area contributed by atoms with Gasteiger partial charge in [0.1, 0.15) is 17.8 Å². The van der Waals surface area contributed by atoms with Crippen LogP contribution in [0.5, 0.6) is 0 Å². The molecule has 0 aliphatic carbocycles. The minimum absolute atomic E-state index is 0.284. The summed E-state index contributed by atoms with van der Waals surface area (Å²) in [5, 5.41) is 16.9. The van der Waals surface area contributed by atoms with Crippen molar-refractivity contribution in [2.75, 3.05) is 6.54 Å². The van der Waals surface area contributed by atoms with Crippen LogP contribution in [0, 0.1) is 0 Å². The number of hydrogen-bond acceptors (Lipinski definition) is 4. The Bertz CT molecular complexity index is 578. The summed E-state index contributed by atoms with van der Waals surface area (Å²) in [6.45, 7) is 0.739. The molecule has 1 aromatic carbocycles. The summed E-state index contributed by atoms with van der Waals surface area (Å²) in [4.78, 5) is 11.0. The van der Waals surface area contributed by atoms with Crippen molar-refractivity contribution in [1.29, 1.82) is 0 Å². The number of piperidine rings is 1. The van der Waals surface area contributed by atoms with Gasteiger partial charge in [0, 0.05) is 5.39 Å². The Morgan fingerprint density at radius 3 is 3.22 bits per heavy atom. The van der Waals surface area contributed by atoms with Crippen molar-refractivity contribution in [3.63, 3.8) is 0 Å². The lowest BCUT2D eigenvalue weighted by Crippen LogP contribution is -2.42. The summed E-state index contributed by atoms with van der Waals surface area (Å²) in [7, 11) is 0. The molecule has 2 atom stereocenters. The molecule has 0 amide bonds. The highest BCUT2D eigenvalue weighted by atomic mass is 16.5. The quantitative estimate of drug-likeness (QED) is 0.844. The summed E-state index contributed by atoms with van der Waals surface area (Å²) in [5.41, 5.74) is 2.00. The van der Waals surface area contributed by atoms with E-state index < -0.39 is 12.0 Å². The molecule has 3 rings (SSSR count). The normalized spacial score (nSPS) is 24.2. The maximum Gasteiger partial charge on any atom is 0.320 e. The van der Waals surface area contributed by atoms with Gasteiger partial charge in [-0.25, -0.2) is 0 Å². The molecule has 94 valence electrons. The van der Waals surface area contributed by atoms with Crippen molar-refractivity contribution in [1.82, 2.24) is 10.5 Å². The van der Waals surface area contributed by atoms with E-state index in [0.29, 0.717) is 6.42 Å². The lowest BCUT2D eigenvalue weighted by atomic mass is 9.86. The highest BCUT2D eigenvalue weighted by Crippen LogP contribution is 2.29. The first-order chi connectivity index (χ1) is 8.74. The predicted molar refractivity (Wildman–Crippen MR) is 65.4 cm³/mol. The van der Waals surface area contributed by atoms with Gasteiger partial charge in [0.05, 0.1) is 0 Å². The Labute approximate surface area is 104 Å². The SMILES string of the molecule is O=C(O)C1CC(c2ccc3nocc3c2)CCN1. The van der Waals surface area contributed by atoms with Crippen molar-refractivity contribution < 1.29 is 14.4 Å². The third-order valence-electron chi connectivity index (χ3n) is 3.56. The molecule has 0 saturated carbocycles. The molecule has 1 fully saturated rings. The average molecular weight is 246 g/mol. The Balaban J connectivity index is 1.86. The van der Waals surface area contributed by atoms with Crippen LogP contribution < -0.4 is 5.32 Å². The van der Waals surface area contributed by atoms with Crippen LogP contribution in [0.4, 0.5) is 0 Å². The second kappa shape index (κ2) is 4.42. The van der Waals surface area contributed by atoms with E-state index in [4.69, 9.17) is 9.63 Å². The molecule has 2 aromatic rings. The third-order valence-corrected chi connectivity index (χ3v) is 3.56. The zero-order chi connectivity index (χ0) is 12.5. The minimum Gasteiger partial charge on any atom is -0.480 e. The first-order valence-corrected chi connectivity index (χ1v) is 6.04. The number of nitrogens with zero attached hydrogens (tertiary/aromatic N) is 1. The molecule has 1 aromatic heterocycles. The largest absolute Gasteiger partial charge is 0.480 e. The van der Waals surface area contributed by atoms with Gasteiger partial charge in [0.25, 0.3) is 0 Å². The van der Waals surface area contributed by atoms with Crippen molar-refractivity contribution in [3.05, 3.63) is 30.0 Å². The van der Waals surface area contributed by atoms with E-state index in [0.717, 1.165) is 23.9 Å². The van der Waals surface area contributed by atoms with Crippen molar-refractivity contribution in [3.8, 4) is 0 Å². The summed E-state index contributed by atoms with van der Waals surface area (Å²) in [5.74, 6) is -0.489. The molecule has 1 saturated heterocycles. The summed E-state index contributed by atoms with van der Waals surface area (Å²) in [6.07, 6.45) is 3.21. The minimum atomic E-state index is -0.772. The number of hydrogen-bond donors (Lipinski definition) is 2. The fourth-order valence-corrected chi connectivity index (χ4v) is 2.55. The molecule has 0 bridgehead atoms. The molecule has 2 N–H and O–H groups in total. The van der Waals surface area contributed by atoms with Crippen molar-refractivity contribution in [2.45, 2.75) is 24.8 Å². The van der Waals surface area contributed by atoms with Crippen LogP contribution >= 0.6 is 0 Å². The first-order valence-electron chi connectivity index (χ1n) is 6.04. The topological polar surface area (TPSA) is 75.4 Å². The molecule has 1 aliphatic heterocycles. The number of fused-ring (bicyclic) bond motifs is 1. The Hall–Kier alpha value is -1.88. The number of carboxylic acid groups (broad SMARTS) is 1. The third kappa shape index (κ3) is 1.97. The Kier molecular flexibility index (Phi) is 2.76. The molecule has 1 aliphatic rings. The fourth-order valence-electron chi connectivity index (χ4n) is 2.55. The van der Waals surface area contributed by atoms with Crippen LogP contribution in [0.15, 0.2) is 29.0 Å². The van der Waals surface area contributed by atoms with Crippen molar-refractivity contribution >= 4 is 16.9 Å². The monoisotopic (exact) mass is 246 g/mol. The van der Waals surface area contributed by atoms with Gasteiger partial charge < -0.3 is 14.9 Å². The summed E-state index contributed by atoms with van der Waals surface area (Å²) < 4.78 is 4.91. The standard InChI is InChI=1S/C13H14N2O3/c16-13(17)12-6-9(3-4-14-12)8-1-2-11-10(5-8)7-18-15-11/h1-2,5,7,9,12,14H,3-4,6H2,(H,16,17). The van der Waals surface area contributed by atoms with Gasteiger partial charge in [0.2, 0.25) is 0 Å². The van der Waals surface area contributed by atoms with E-state index >= 15 is 0 Å². The predicted octanol–water partition coefficient (Wildman–Crippen LogP) is 1.75. The van der Waals surface area contributed by atoms with E-state index in [1.165, 1.54) is 5.56 Å². The lowest BCUT2D eigenvalue weighted by molar-refractivity contribution is -0.140. The van der Waals surface area contributed by atoms with Gasteiger partial charge in [-0.2, -0.15) is 0 Å². The van der Waals surface area contributed by atoms with Gasteiger partial charge in [-0.05, 0) is 43.0 Å². The van der Waals surface area contributed by atoms with E-state index in [1.807, 2.05) is 18.2 Å². The average Bonchev–Trinajstić information content (AvgIpc) is 2.86. The summed E-state index contributed by atoms with van der Waals surface area (Å²) in [6, 6.07) is 5.54. The first kappa shape index (κ1) is 11.2. The van der Waals surface area contributed by atoms with Crippen LogP contribution in [0.2, 0.25) is 0 Å². The van der Waals surface area contributed by atoms with Gasteiger partial charge in [-0.1, -0.05) is 11.2 Å². The molecule has 0 spiro atoms. The molecular formula is C13H14N2O3. The van der Waals surface area contributed by atoms with E-state index in [1.54, 1.807) is 6.26 Å². The van der Waals surface area contributed by atoms with Crippen LogP contribution in [-0.2, 0) is 4.79 Å². The van der Waals surface area contributed by atoms with Gasteiger partial charge in [-0.15, -0.1) is 0 Å². The van der Waals surface area contributed by atoms with E-state index in [-0.39, 0.29) is 5.92 Å². The lowest BCUT2D eigenvalue weighted by Gasteiger charge is -2.28. The summed E-state index contributed by atoms with van der Waals surface area (Å²) >= 11 is 0. The molecular weight excluding hydrogens is 232 g/mol. The van der Waals surface area contributed by atoms with Crippen LogP contribution in [0.25, 0.3) is 10.9 Å². The number of benzene rings is 1. The van der Waals surface area contributed by atoms with Crippen molar-refractivity contribution in [2.24, 2.45) is 0 Å². The van der Waals surface area contributed by atoms with E-state index in [9.17, 15) is 4.79 Å². The zero-order valence-corrected chi connectivity index (χ0v) is 9.80. The highest BCUT2D eigenvalue weighted by molar-refractivity contribution is 5.78. The number of aromatic nitrogens is 1. The number of carbonyl (C=O) groups is 1. The molecule has 2 unspecified atom stereocenters. The number of nitrogens with one attached hydrogen (secondary N) is 1. The zero-order valence-electron chi connectivity index (χ0n) is 9.80. The van der Waals surface area contributed by atoms with E-state index in [2.05, 4.69) is 10.5 Å². The van der Waals surface area contributed by atoms with Gasteiger partial charge in [0.15, 0.2) is 0 Å². The van der Waals surface area contributed by atoms with Crippen LogP contribution in [0.1, 0.15) is 24.3 Å². The number of rotatable bonds is 2. The van der Waals surface area contributed by atoms with Crippen LogP contribution in [0.3, 0.4) is 0 Å². The Morgan fingerprint density at radius 1 is 1.50 bits per heavy atom. The van der Waals surface area contributed by atoms with Crippen LogP contribution in [-0.4, -0.2) is 28.8 Å². The molecule has 5 heteroatoms. The molecule has 18 heavy (non-hydrogen) atoms. The van der Waals surface area contributed by atoms with Gasteiger partial charge in [-0.3, -0.25) is 4.79 Å². The Morgan fingerprint density at radius 2 is 2.39 bits per heavy atom. The second-order valence-electron chi connectivity index (χ2n) is 4.70. The number of aliphatic carboxylic acids is 1. The fraction of sp³-hybridized carbons (Fsp3) is 0.385. The second-order valence-corrected chi connectivity index (χ2v) is 4.70. The maximum atomic E-state index is 11.0. The molecule has 0 radical (unpaired) electrons. The smallest absolute Gasteiger partial charge is 0.320 e. The molecule has 5 nitrogen and oxygen atoms in total. The maximum absolute atomic E-state index is 11.0.